The topological polar surface area (TPSA) is 62.5 Å². The largest absolute Gasteiger partial charge is 0.389 e. The maximum absolute atomic E-state index is 11.7. The first kappa shape index (κ1) is 12.3. The number of nitrogens with zero attached hydrogens (tertiary/aromatic N) is 3. The van der Waals surface area contributed by atoms with Crippen molar-refractivity contribution in [3.63, 3.8) is 0 Å². The number of nitrogens with two attached hydrogens (primary N) is 1. The zero-order valence-electron chi connectivity index (χ0n) is 10.6. The average molecular weight is 276 g/mol. The molecule has 1 amide bonds. The van der Waals surface area contributed by atoms with Crippen LogP contribution in [0.4, 0.5) is 5.82 Å². The Labute approximate surface area is 117 Å². The molecule has 0 aromatic carbocycles. The van der Waals surface area contributed by atoms with E-state index in [4.69, 9.17) is 18.0 Å². The minimum Gasteiger partial charge on any atom is -0.389 e. The number of thiocarbonyl (C=S) groups is 1. The van der Waals surface area contributed by atoms with Crippen LogP contribution in [0.5, 0.6) is 0 Å². The molecule has 2 saturated heterocycles. The standard InChI is InChI=1S/C13H16N4OS/c14-13(19)9-3-4-15-11(7-9)16-5-6-17-10(8-16)1-2-12(17)18/h3-4,7,10H,1-2,5-6,8H2,(H2,14,19). The van der Waals surface area contributed by atoms with Gasteiger partial charge in [-0.3, -0.25) is 4.79 Å². The molecule has 3 heterocycles. The zero-order valence-corrected chi connectivity index (χ0v) is 11.4. The maximum Gasteiger partial charge on any atom is 0.223 e. The fourth-order valence-electron chi connectivity index (χ4n) is 2.82. The molecule has 1 atom stereocenters. The Hall–Kier alpha value is -1.69. The van der Waals surface area contributed by atoms with E-state index in [-0.39, 0.29) is 5.91 Å². The SMILES string of the molecule is NC(=S)c1ccnc(N2CCN3C(=O)CCC3C2)c1. The highest BCUT2D eigenvalue weighted by molar-refractivity contribution is 7.80. The number of amides is 1. The molecule has 1 aromatic heterocycles. The second kappa shape index (κ2) is 4.77. The molecular formula is C13H16N4OS. The van der Waals surface area contributed by atoms with E-state index >= 15 is 0 Å². The predicted octanol–water partition coefficient (Wildman–Crippen LogP) is 0.527. The van der Waals surface area contributed by atoms with Gasteiger partial charge in [-0.1, -0.05) is 12.2 Å². The molecule has 0 aliphatic carbocycles. The van der Waals surface area contributed by atoms with Crippen LogP contribution in [0.2, 0.25) is 0 Å². The fraction of sp³-hybridized carbons (Fsp3) is 0.462. The van der Waals surface area contributed by atoms with Gasteiger partial charge >= 0.3 is 0 Å². The Kier molecular flexibility index (Phi) is 3.10. The van der Waals surface area contributed by atoms with Crippen molar-refractivity contribution in [2.24, 2.45) is 5.73 Å². The zero-order chi connectivity index (χ0) is 13.4. The number of hydrogen-bond donors (Lipinski definition) is 1. The third-order valence-corrected chi connectivity index (χ3v) is 4.08. The van der Waals surface area contributed by atoms with Crippen molar-refractivity contribution in [1.82, 2.24) is 9.88 Å². The fourth-order valence-corrected chi connectivity index (χ4v) is 2.94. The molecule has 2 N–H and O–H groups in total. The van der Waals surface area contributed by atoms with Crippen molar-refractivity contribution in [1.29, 1.82) is 0 Å². The van der Waals surface area contributed by atoms with Crippen LogP contribution in [0.3, 0.4) is 0 Å². The van der Waals surface area contributed by atoms with Gasteiger partial charge in [-0.05, 0) is 18.6 Å². The molecule has 100 valence electrons. The lowest BCUT2D eigenvalue weighted by Crippen LogP contribution is -2.51. The molecule has 0 bridgehead atoms. The number of piperazine rings is 1. The van der Waals surface area contributed by atoms with Crippen molar-refractivity contribution < 1.29 is 4.79 Å². The van der Waals surface area contributed by atoms with E-state index in [0.717, 1.165) is 37.4 Å². The van der Waals surface area contributed by atoms with E-state index in [0.29, 0.717) is 17.5 Å². The van der Waals surface area contributed by atoms with Crippen LogP contribution in [0, 0.1) is 0 Å². The molecule has 0 saturated carbocycles. The van der Waals surface area contributed by atoms with Gasteiger partial charge < -0.3 is 15.5 Å². The van der Waals surface area contributed by atoms with E-state index in [2.05, 4.69) is 9.88 Å². The summed E-state index contributed by atoms with van der Waals surface area (Å²) in [5.41, 5.74) is 6.49. The molecular weight excluding hydrogens is 260 g/mol. The van der Waals surface area contributed by atoms with Crippen LogP contribution in [-0.4, -0.2) is 46.5 Å². The van der Waals surface area contributed by atoms with Gasteiger partial charge in [-0.25, -0.2) is 4.98 Å². The van der Waals surface area contributed by atoms with Crippen LogP contribution < -0.4 is 10.6 Å². The van der Waals surface area contributed by atoms with Crippen LogP contribution >= 0.6 is 12.2 Å². The number of rotatable bonds is 2. The Balaban J connectivity index is 1.78. The van der Waals surface area contributed by atoms with Gasteiger partial charge in [-0.15, -0.1) is 0 Å². The number of carbonyl (C=O) groups is 1. The van der Waals surface area contributed by atoms with Crippen LogP contribution in [-0.2, 0) is 4.79 Å². The summed E-state index contributed by atoms with van der Waals surface area (Å²) in [6, 6.07) is 4.08. The number of carbonyl (C=O) groups excluding carboxylic acids is 1. The van der Waals surface area contributed by atoms with E-state index in [1.165, 1.54) is 0 Å². The Bertz CT molecular complexity index is 533. The van der Waals surface area contributed by atoms with Gasteiger partial charge in [0.25, 0.3) is 0 Å². The molecule has 2 aliphatic heterocycles. The number of anilines is 1. The monoisotopic (exact) mass is 276 g/mol. The third kappa shape index (κ3) is 2.28. The number of pyridine rings is 1. The van der Waals surface area contributed by atoms with Crippen LogP contribution in [0.15, 0.2) is 18.3 Å². The Morgan fingerprint density at radius 2 is 2.32 bits per heavy atom. The van der Waals surface area contributed by atoms with Crippen molar-refractivity contribution in [3.05, 3.63) is 23.9 Å². The summed E-state index contributed by atoms with van der Waals surface area (Å²) in [7, 11) is 0. The Morgan fingerprint density at radius 3 is 3.11 bits per heavy atom. The highest BCUT2D eigenvalue weighted by atomic mass is 32.1. The lowest BCUT2D eigenvalue weighted by Gasteiger charge is -2.38. The maximum atomic E-state index is 11.7. The van der Waals surface area contributed by atoms with E-state index in [1.807, 2.05) is 17.0 Å². The van der Waals surface area contributed by atoms with E-state index in [9.17, 15) is 4.79 Å². The molecule has 1 unspecified atom stereocenters. The highest BCUT2D eigenvalue weighted by Crippen LogP contribution is 2.25. The smallest absolute Gasteiger partial charge is 0.223 e. The summed E-state index contributed by atoms with van der Waals surface area (Å²) in [5.74, 6) is 1.18. The minimum atomic E-state index is 0.287. The molecule has 5 nitrogen and oxygen atoms in total. The second-order valence-electron chi connectivity index (χ2n) is 4.99. The normalized spacial score (nSPS) is 22.5. The van der Waals surface area contributed by atoms with E-state index in [1.54, 1.807) is 6.20 Å². The van der Waals surface area contributed by atoms with Gasteiger partial charge in [0.2, 0.25) is 5.91 Å². The first-order valence-electron chi connectivity index (χ1n) is 6.45. The van der Waals surface area contributed by atoms with Crippen LogP contribution in [0.1, 0.15) is 18.4 Å². The molecule has 19 heavy (non-hydrogen) atoms. The lowest BCUT2D eigenvalue weighted by atomic mass is 10.1. The third-order valence-electron chi connectivity index (χ3n) is 3.85. The molecule has 1 aromatic rings. The molecule has 0 spiro atoms. The van der Waals surface area contributed by atoms with E-state index < -0.39 is 0 Å². The summed E-state index contributed by atoms with van der Waals surface area (Å²) in [5, 5.41) is 0. The van der Waals surface area contributed by atoms with Gasteiger partial charge in [-0.2, -0.15) is 0 Å². The van der Waals surface area contributed by atoms with Gasteiger partial charge in [0, 0.05) is 43.9 Å². The van der Waals surface area contributed by atoms with Crippen molar-refractivity contribution >= 4 is 28.9 Å². The van der Waals surface area contributed by atoms with Gasteiger partial charge in [0.1, 0.15) is 10.8 Å². The van der Waals surface area contributed by atoms with Crippen molar-refractivity contribution in [3.8, 4) is 0 Å². The molecule has 2 fully saturated rings. The van der Waals surface area contributed by atoms with Gasteiger partial charge in [0.15, 0.2) is 0 Å². The summed E-state index contributed by atoms with van der Waals surface area (Å²) in [6.45, 7) is 2.44. The van der Waals surface area contributed by atoms with Crippen molar-refractivity contribution in [2.45, 2.75) is 18.9 Å². The number of fused-ring (bicyclic) bond motifs is 1. The quantitative estimate of drug-likeness (QED) is 0.798. The van der Waals surface area contributed by atoms with Crippen LogP contribution in [0.25, 0.3) is 0 Å². The lowest BCUT2D eigenvalue weighted by molar-refractivity contribution is -0.129. The predicted molar refractivity (Wildman–Crippen MR) is 77.1 cm³/mol. The summed E-state index contributed by atoms with van der Waals surface area (Å²) in [4.78, 5) is 20.6. The Morgan fingerprint density at radius 1 is 1.47 bits per heavy atom. The molecule has 6 heteroatoms. The molecule has 3 rings (SSSR count). The average Bonchev–Trinajstić information content (AvgIpc) is 2.80. The summed E-state index contributed by atoms with van der Waals surface area (Å²) in [6.07, 6.45) is 3.36. The first-order chi connectivity index (χ1) is 9.15. The first-order valence-corrected chi connectivity index (χ1v) is 6.86. The van der Waals surface area contributed by atoms with Gasteiger partial charge in [0.05, 0.1) is 0 Å². The summed E-state index contributed by atoms with van der Waals surface area (Å²) < 4.78 is 0. The minimum absolute atomic E-state index is 0.287. The summed E-state index contributed by atoms with van der Waals surface area (Å²) >= 11 is 4.99. The number of hydrogen-bond acceptors (Lipinski definition) is 4. The molecule has 0 radical (unpaired) electrons. The second-order valence-corrected chi connectivity index (χ2v) is 5.43. The number of aromatic nitrogens is 1. The molecule has 2 aliphatic rings. The highest BCUT2D eigenvalue weighted by Gasteiger charge is 2.35. The van der Waals surface area contributed by atoms with Crippen molar-refractivity contribution in [2.75, 3.05) is 24.5 Å².